The minimum Gasteiger partial charge on any atom is -0.437 e. The van der Waals surface area contributed by atoms with E-state index in [1.165, 1.54) is 6.20 Å². The quantitative estimate of drug-likeness (QED) is 0.444. The Hall–Kier alpha value is -4.29. The number of alkyl halides is 3. The number of carbonyl (C=O) groups excluding carboxylic acids is 2. The molecule has 2 aromatic heterocycles. The Morgan fingerprint density at radius 1 is 1.18 bits per heavy atom. The average Bonchev–Trinajstić information content (AvgIpc) is 3.52. The first-order valence-corrected chi connectivity index (χ1v) is 15.5. The number of aryl methyl sites for hydroxylation is 1. The highest BCUT2D eigenvalue weighted by molar-refractivity contribution is 5.86. The van der Waals surface area contributed by atoms with E-state index in [4.69, 9.17) is 4.74 Å². The van der Waals surface area contributed by atoms with Crippen LogP contribution in [0.25, 0.3) is 10.9 Å². The average molecular weight is 622 g/mol. The molecule has 1 aromatic carbocycles. The molecule has 1 atom stereocenters. The van der Waals surface area contributed by atoms with Crippen LogP contribution in [0.3, 0.4) is 0 Å². The lowest BCUT2D eigenvalue weighted by Gasteiger charge is -2.46. The zero-order chi connectivity index (χ0) is 31.3. The van der Waals surface area contributed by atoms with Gasteiger partial charge in [0.1, 0.15) is 22.7 Å². The number of alkyl carbamates (subject to hydrolysis) is 1. The summed E-state index contributed by atoms with van der Waals surface area (Å²) in [5.41, 5.74) is 2.15. The number of aromatic nitrogens is 4. The lowest BCUT2D eigenvalue weighted by molar-refractivity contribution is -0.162. The molecule has 1 saturated carbocycles. The molecule has 8 rings (SSSR count). The van der Waals surface area contributed by atoms with Gasteiger partial charge in [-0.3, -0.25) is 15.2 Å². The van der Waals surface area contributed by atoms with E-state index in [0.29, 0.717) is 44.7 Å². The van der Waals surface area contributed by atoms with Crippen LogP contribution in [0, 0.1) is 6.92 Å². The predicted molar refractivity (Wildman–Crippen MR) is 157 cm³/mol. The molecule has 45 heavy (non-hydrogen) atoms. The van der Waals surface area contributed by atoms with Crippen molar-refractivity contribution in [2.75, 3.05) is 26.7 Å². The zero-order valence-electron chi connectivity index (χ0n) is 25.1. The van der Waals surface area contributed by atoms with Gasteiger partial charge in [0.05, 0.1) is 24.0 Å². The van der Waals surface area contributed by atoms with Gasteiger partial charge in [-0.25, -0.2) is 9.78 Å². The van der Waals surface area contributed by atoms with E-state index in [2.05, 4.69) is 26.6 Å². The normalized spacial score (nSPS) is 23.3. The van der Waals surface area contributed by atoms with Crippen LogP contribution in [0.15, 0.2) is 42.0 Å². The minimum absolute atomic E-state index is 0.0336. The molecule has 2 N–H and O–H groups in total. The number of rotatable bonds is 3. The van der Waals surface area contributed by atoms with E-state index in [-0.39, 0.29) is 37.4 Å². The van der Waals surface area contributed by atoms with Gasteiger partial charge >= 0.3 is 12.3 Å². The first kappa shape index (κ1) is 28.2. The second kappa shape index (κ2) is 9.60. The molecule has 3 aromatic rings. The molecular formula is C32H34F3N7O3. The number of halogens is 3. The molecule has 13 heteroatoms. The highest BCUT2D eigenvalue weighted by Crippen LogP contribution is 2.59. The van der Waals surface area contributed by atoms with Gasteiger partial charge in [-0.1, -0.05) is 18.2 Å². The van der Waals surface area contributed by atoms with Crippen LogP contribution < -0.4 is 5.32 Å². The number of amides is 2. The topological polar surface area (TPSA) is 108 Å². The predicted octanol–water partition coefficient (Wildman–Crippen LogP) is 4.55. The molecule has 0 radical (unpaired) electrons. The number of benzene rings is 1. The number of carbonyl (C=O) groups is 2. The molecule has 1 spiro atoms. The number of fused-ring (bicyclic) bond motifs is 5. The number of H-pyrrole nitrogens is 1. The maximum absolute atomic E-state index is 14.4. The van der Waals surface area contributed by atoms with Crippen molar-refractivity contribution >= 4 is 22.9 Å². The van der Waals surface area contributed by atoms with Crippen molar-refractivity contribution in [1.29, 1.82) is 0 Å². The van der Waals surface area contributed by atoms with Gasteiger partial charge in [-0.15, -0.1) is 0 Å². The number of nitrogens with one attached hydrogen (secondary N) is 2. The number of hydrogen-bond donors (Lipinski definition) is 2. The number of nitrogens with zero attached hydrogens (tertiary/aromatic N) is 5. The molecule has 236 valence electrons. The Balaban J connectivity index is 1.10. The van der Waals surface area contributed by atoms with E-state index in [0.717, 1.165) is 39.0 Å². The summed E-state index contributed by atoms with van der Waals surface area (Å²) in [5.74, 6) is 0.767. The van der Waals surface area contributed by atoms with Crippen molar-refractivity contribution in [3.05, 3.63) is 70.2 Å². The van der Waals surface area contributed by atoms with Crippen molar-refractivity contribution in [1.82, 2.24) is 34.9 Å². The first-order chi connectivity index (χ1) is 21.5. The molecule has 2 fully saturated rings. The summed E-state index contributed by atoms with van der Waals surface area (Å²) < 4.78 is 50.7. The third kappa shape index (κ3) is 4.22. The Labute approximate surface area is 257 Å². The van der Waals surface area contributed by atoms with Crippen LogP contribution in [0.1, 0.15) is 66.2 Å². The maximum atomic E-state index is 14.4. The number of piperidine rings is 1. The summed E-state index contributed by atoms with van der Waals surface area (Å²) in [6.45, 7) is 3.70. The number of aromatic amines is 1. The van der Waals surface area contributed by atoms with E-state index in [1.807, 2.05) is 31.0 Å². The van der Waals surface area contributed by atoms with Crippen LogP contribution in [-0.2, 0) is 27.9 Å². The van der Waals surface area contributed by atoms with Gasteiger partial charge in [0, 0.05) is 69.0 Å². The minimum atomic E-state index is -4.39. The summed E-state index contributed by atoms with van der Waals surface area (Å²) in [7, 11) is 1.91. The standard InChI is InChI=1S/C32H34F3N7O3/c1-18-12-19-13-20(14-25(43)41-10-7-31(8-11-41)23-4-3-9-40(2)28(23)38-29(44)45-31)27-36-16-24(30(5-6-30)32(33,34)35)42(27)17-22(19)21-15-37-39-26(18)21/h3-4,12,15-16,20H,5-11,13-14,17H2,1-2H3,(H,37,39)(H,38,44)/t20-/m0/s1. The fourth-order valence-electron chi connectivity index (χ4n) is 7.95. The molecular weight excluding hydrogens is 587 g/mol. The van der Waals surface area contributed by atoms with Crippen molar-refractivity contribution in [3.8, 4) is 0 Å². The Bertz CT molecular complexity index is 1810. The number of hydrogen-bond acceptors (Lipinski definition) is 6. The Morgan fingerprint density at radius 3 is 2.69 bits per heavy atom. The van der Waals surface area contributed by atoms with E-state index in [9.17, 15) is 22.8 Å². The molecule has 0 unspecified atom stereocenters. The van der Waals surface area contributed by atoms with E-state index >= 15 is 0 Å². The van der Waals surface area contributed by atoms with Crippen LogP contribution in [-0.4, -0.2) is 80.0 Å². The summed E-state index contributed by atoms with van der Waals surface area (Å²) in [4.78, 5) is 34.8. The zero-order valence-corrected chi connectivity index (χ0v) is 25.1. The van der Waals surface area contributed by atoms with E-state index in [1.54, 1.807) is 15.7 Å². The van der Waals surface area contributed by atoms with Crippen molar-refractivity contribution in [2.45, 2.75) is 75.1 Å². The first-order valence-electron chi connectivity index (χ1n) is 15.5. The van der Waals surface area contributed by atoms with Gasteiger partial charge in [0.15, 0.2) is 0 Å². The number of imidazole rings is 1. The fourth-order valence-corrected chi connectivity index (χ4v) is 7.95. The maximum Gasteiger partial charge on any atom is 0.413 e. The number of likely N-dealkylation sites (tertiary alicyclic amines) is 1. The smallest absolute Gasteiger partial charge is 0.413 e. The Morgan fingerprint density at radius 2 is 1.96 bits per heavy atom. The molecule has 1 saturated heterocycles. The number of ether oxygens (including phenoxy) is 1. The molecule has 0 bridgehead atoms. The van der Waals surface area contributed by atoms with Crippen molar-refractivity contribution < 1.29 is 27.5 Å². The van der Waals surface area contributed by atoms with Crippen molar-refractivity contribution in [2.24, 2.45) is 0 Å². The third-order valence-corrected chi connectivity index (χ3v) is 10.6. The van der Waals surface area contributed by atoms with Crippen LogP contribution in [0.4, 0.5) is 18.0 Å². The number of likely N-dealkylation sites (N-methyl/N-ethyl adjacent to an activating group) is 1. The van der Waals surface area contributed by atoms with Crippen LogP contribution >= 0.6 is 0 Å². The molecule has 5 aliphatic rings. The lowest BCUT2D eigenvalue weighted by atomic mass is 9.81. The molecule has 4 aliphatic heterocycles. The lowest BCUT2D eigenvalue weighted by Crippen LogP contribution is -2.56. The SMILES string of the molecule is Cc1cc2c(c3cn[nH]c13)Cn1c(C3(C(F)(F)F)CC3)cnc1[C@H](CC(=O)N1CCC3(CC1)OC(=O)NC1=C3C=CCN1C)C2. The second-order valence-corrected chi connectivity index (χ2v) is 13.2. The van der Waals surface area contributed by atoms with Gasteiger partial charge in [0.25, 0.3) is 0 Å². The van der Waals surface area contributed by atoms with E-state index < -0.39 is 29.2 Å². The summed E-state index contributed by atoms with van der Waals surface area (Å²) >= 11 is 0. The largest absolute Gasteiger partial charge is 0.437 e. The summed E-state index contributed by atoms with van der Waals surface area (Å²) in [5, 5.41) is 11.0. The van der Waals surface area contributed by atoms with Gasteiger partial charge in [-0.05, 0) is 42.9 Å². The van der Waals surface area contributed by atoms with Crippen molar-refractivity contribution in [3.63, 3.8) is 0 Å². The van der Waals surface area contributed by atoms with Gasteiger partial charge < -0.3 is 19.1 Å². The molecule has 10 nitrogen and oxygen atoms in total. The van der Waals surface area contributed by atoms with Crippen LogP contribution in [0.2, 0.25) is 0 Å². The van der Waals surface area contributed by atoms with Gasteiger partial charge in [0.2, 0.25) is 5.91 Å². The highest BCUT2D eigenvalue weighted by atomic mass is 19.4. The fraction of sp³-hybridized carbons (Fsp3) is 0.500. The highest BCUT2D eigenvalue weighted by Gasteiger charge is 2.66. The Kier molecular flexibility index (Phi) is 6.02. The molecule has 2 amide bonds. The second-order valence-electron chi connectivity index (χ2n) is 13.2. The summed E-state index contributed by atoms with van der Waals surface area (Å²) in [6.07, 6.45) is 3.84. The van der Waals surface area contributed by atoms with Gasteiger partial charge in [-0.2, -0.15) is 18.3 Å². The monoisotopic (exact) mass is 621 g/mol. The van der Waals surface area contributed by atoms with Crippen LogP contribution in [0.5, 0.6) is 0 Å². The third-order valence-electron chi connectivity index (χ3n) is 10.6. The molecule has 6 heterocycles. The summed E-state index contributed by atoms with van der Waals surface area (Å²) in [6, 6.07) is 2.06. The molecule has 1 aliphatic carbocycles.